The van der Waals surface area contributed by atoms with Crippen LogP contribution in [0.15, 0.2) is 4.42 Å². The lowest BCUT2D eigenvalue weighted by Gasteiger charge is -2.21. The van der Waals surface area contributed by atoms with Crippen LogP contribution in [0.25, 0.3) is 0 Å². The smallest absolute Gasteiger partial charge is 0.315 e. The molecule has 0 amide bonds. The van der Waals surface area contributed by atoms with E-state index in [4.69, 9.17) is 4.42 Å². The average Bonchev–Trinajstić information content (AvgIpc) is 2.86. The lowest BCUT2D eigenvalue weighted by molar-refractivity contribution is 0.402. The predicted molar refractivity (Wildman–Crippen MR) is 78.2 cm³/mol. The highest BCUT2D eigenvalue weighted by atomic mass is 16.4. The molecule has 0 aliphatic heterocycles. The first-order valence-electron chi connectivity index (χ1n) is 7.45. The molecule has 5 heteroatoms. The summed E-state index contributed by atoms with van der Waals surface area (Å²) < 4.78 is 5.66. The van der Waals surface area contributed by atoms with Gasteiger partial charge in [-0.15, -0.1) is 5.10 Å². The highest BCUT2D eigenvalue weighted by Gasteiger charge is 2.17. The minimum absolute atomic E-state index is 0.103. The molecule has 0 aliphatic carbocycles. The van der Waals surface area contributed by atoms with Crippen molar-refractivity contribution in [2.75, 3.05) is 11.9 Å². The molecule has 19 heavy (non-hydrogen) atoms. The van der Waals surface area contributed by atoms with E-state index in [1.165, 1.54) is 0 Å². The number of hydrogen-bond donors (Lipinski definition) is 2. The molecule has 1 heterocycles. The zero-order chi connectivity index (χ0) is 14.3. The fourth-order valence-electron chi connectivity index (χ4n) is 2.22. The molecular weight excluding hydrogens is 240 g/mol. The van der Waals surface area contributed by atoms with Gasteiger partial charge in [-0.3, -0.25) is 0 Å². The van der Waals surface area contributed by atoms with Gasteiger partial charge in [0.1, 0.15) is 0 Å². The minimum Gasteiger partial charge on any atom is -0.406 e. The van der Waals surface area contributed by atoms with Crippen molar-refractivity contribution in [3.63, 3.8) is 0 Å². The second kappa shape index (κ2) is 8.15. The Morgan fingerprint density at radius 1 is 1.11 bits per heavy atom. The molecule has 0 saturated carbocycles. The van der Waals surface area contributed by atoms with Gasteiger partial charge >= 0.3 is 6.01 Å². The molecule has 0 bridgehead atoms. The molecule has 2 atom stereocenters. The summed E-state index contributed by atoms with van der Waals surface area (Å²) >= 11 is 0. The van der Waals surface area contributed by atoms with Crippen molar-refractivity contribution in [2.24, 2.45) is 5.92 Å². The van der Waals surface area contributed by atoms with E-state index >= 15 is 0 Å². The lowest BCUT2D eigenvalue weighted by Crippen LogP contribution is -2.25. The van der Waals surface area contributed by atoms with Crippen molar-refractivity contribution < 1.29 is 4.42 Å². The van der Waals surface area contributed by atoms with Crippen molar-refractivity contribution >= 4 is 6.01 Å². The van der Waals surface area contributed by atoms with Gasteiger partial charge < -0.3 is 15.1 Å². The first-order chi connectivity index (χ1) is 9.12. The maximum atomic E-state index is 5.66. The topological polar surface area (TPSA) is 63.0 Å². The van der Waals surface area contributed by atoms with E-state index < -0.39 is 0 Å². The first-order valence-corrected chi connectivity index (χ1v) is 7.45. The van der Waals surface area contributed by atoms with Gasteiger partial charge in [0.2, 0.25) is 5.89 Å². The predicted octanol–water partition coefficient (Wildman–Crippen LogP) is 3.37. The van der Waals surface area contributed by atoms with Crippen LogP contribution in [0.4, 0.5) is 6.01 Å². The van der Waals surface area contributed by atoms with Crippen LogP contribution in [0.1, 0.15) is 65.8 Å². The van der Waals surface area contributed by atoms with Gasteiger partial charge in [-0.25, -0.2) is 0 Å². The van der Waals surface area contributed by atoms with E-state index in [0.717, 1.165) is 25.8 Å². The summed E-state index contributed by atoms with van der Waals surface area (Å²) in [6.45, 7) is 11.7. The maximum absolute atomic E-state index is 5.66. The summed E-state index contributed by atoms with van der Waals surface area (Å²) in [5.41, 5.74) is 0. The molecule has 0 aliphatic rings. The molecule has 0 spiro atoms. The fourth-order valence-corrected chi connectivity index (χ4v) is 2.22. The van der Waals surface area contributed by atoms with Crippen LogP contribution in [0.5, 0.6) is 0 Å². The largest absolute Gasteiger partial charge is 0.406 e. The Morgan fingerprint density at radius 3 is 2.37 bits per heavy atom. The van der Waals surface area contributed by atoms with Crippen molar-refractivity contribution in [1.82, 2.24) is 15.5 Å². The summed E-state index contributed by atoms with van der Waals surface area (Å²) in [7, 11) is 0. The van der Waals surface area contributed by atoms with Crippen molar-refractivity contribution in [2.45, 2.75) is 66.0 Å². The Hall–Kier alpha value is -1.10. The van der Waals surface area contributed by atoms with Crippen LogP contribution in [-0.2, 0) is 0 Å². The third-order valence-electron chi connectivity index (χ3n) is 3.62. The highest BCUT2D eigenvalue weighted by Crippen LogP contribution is 2.19. The molecule has 5 nitrogen and oxygen atoms in total. The number of hydrogen-bond acceptors (Lipinski definition) is 5. The first kappa shape index (κ1) is 16.0. The lowest BCUT2D eigenvalue weighted by atomic mass is 9.96. The average molecular weight is 268 g/mol. The van der Waals surface area contributed by atoms with E-state index in [0.29, 0.717) is 23.9 Å². The van der Waals surface area contributed by atoms with Crippen LogP contribution in [0.3, 0.4) is 0 Å². The number of nitrogens with zero attached hydrogens (tertiary/aromatic N) is 2. The second-order valence-electron chi connectivity index (χ2n) is 5.13. The van der Waals surface area contributed by atoms with E-state index in [1.807, 2.05) is 6.92 Å². The van der Waals surface area contributed by atoms with Gasteiger partial charge in [-0.2, -0.15) is 0 Å². The van der Waals surface area contributed by atoms with E-state index in [-0.39, 0.29) is 6.04 Å². The van der Waals surface area contributed by atoms with E-state index in [1.54, 1.807) is 0 Å². The second-order valence-corrected chi connectivity index (χ2v) is 5.13. The van der Waals surface area contributed by atoms with Crippen molar-refractivity contribution in [1.29, 1.82) is 0 Å². The summed E-state index contributed by atoms with van der Waals surface area (Å²) in [6, 6.07) is 0.980. The van der Waals surface area contributed by atoms with Gasteiger partial charge in [-0.05, 0) is 32.7 Å². The fraction of sp³-hybridized carbons (Fsp3) is 0.857. The molecule has 1 rings (SSSR count). The SMILES string of the molecule is CCCNC(C)c1nnc(NC(C)C(CC)CC)o1. The normalized spacial score (nSPS) is 14.6. The van der Waals surface area contributed by atoms with E-state index in [2.05, 4.69) is 48.5 Å². The molecule has 2 unspecified atom stereocenters. The van der Waals surface area contributed by atoms with Gasteiger partial charge in [0.05, 0.1) is 6.04 Å². The molecule has 0 radical (unpaired) electrons. The van der Waals surface area contributed by atoms with Crippen LogP contribution < -0.4 is 10.6 Å². The van der Waals surface area contributed by atoms with Gasteiger partial charge in [-0.1, -0.05) is 38.7 Å². The van der Waals surface area contributed by atoms with Crippen LogP contribution >= 0.6 is 0 Å². The Kier molecular flexibility index (Phi) is 6.84. The summed E-state index contributed by atoms with van der Waals surface area (Å²) in [4.78, 5) is 0. The molecule has 110 valence electrons. The zero-order valence-corrected chi connectivity index (χ0v) is 12.9. The van der Waals surface area contributed by atoms with Crippen molar-refractivity contribution in [3.8, 4) is 0 Å². The number of nitrogens with one attached hydrogen (secondary N) is 2. The molecule has 1 aromatic rings. The Bertz CT molecular complexity index is 349. The molecule has 0 aromatic carbocycles. The third-order valence-corrected chi connectivity index (χ3v) is 3.62. The summed E-state index contributed by atoms with van der Waals surface area (Å²) in [5.74, 6) is 1.28. The molecule has 2 N–H and O–H groups in total. The number of anilines is 1. The molecule has 1 aromatic heterocycles. The van der Waals surface area contributed by atoms with Crippen LogP contribution in [0, 0.1) is 5.92 Å². The molecule has 0 saturated heterocycles. The Labute approximate surface area is 116 Å². The van der Waals surface area contributed by atoms with Gasteiger partial charge in [0.15, 0.2) is 0 Å². The Balaban J connectivity index is 2.54. The zero-order valence-electron chi connectivity index (χ0n) is 12.9. The number of aromatic nitrogens is 2. The quantitative estimate of drug-likeness (QED) is 0.719. The van der Waals surface area contributed by atoms with Crippen molar-refractivity contribution in [3.05, 3.63) is 5.89 Å². The van der Waals surface area contributed by atoms with Gasteiger partial charge in [0.25, 0.3) is 0 Å². The van der Waals surface area contributed by atoms with Gasteiger partial charge in [0, 0.05) is 6.04 Å². The highest BCUT2D eigenvalue weighted by molar-refractivity contribution is 5.19. The van der Waals surface area contributed by atoms with E-state index in [9.17, 15) is 0 Å². The Morgan fingerprint density at radius 2 is 1.79 bits per heavy atom. The number of rotatable bonds is 9. The molecular formula is C14H28N4O. The third kappa shape index (κ3) is 4.82. The monoisotopic (exact) mass is 268 g/mol. The minimum atomic E-state index is 0.103. The molecule has 0 fully saturated rings. The maximum Gasteiger partial charge on any atom is 0.315 e. The summed E-state index contributed by atoms with van der Waals surface area (Å²) in [5, 5.41) is 14.8. The standard InChI is InChI=1S/C14H28N4O/c1-6-9-15-11(5)13-17-18-14(19-13)16-10(4)12(7-2)8-3/h10-12,15H,6-9H2,1-5H3,(H,16,18). The van der Waals surface area contributed by atoms with Crippen LogP contribution in [-0.4, -0.2) is 22.8 Å². The van der Waals surface area contributed by atoms with Crippen LogP contribution in [0.2, 0.25) is 0 Å². The summed E-state index contributed by atoms with van der Waals surface area (Å²) in [6.07, 6.45) is 3.40.